The SMILES string of the molecule is COCC(COCC(COCC(CN1CCN(CCCN2c3ccccc3Sc3ccc(C(F)(F)F)cc32)CC1)OC)OC)OC. The van der Waals surface area contributed by atoms with Crippen LogP contribution in [-0.2, 0) is 34.6 Å². The Bertz CT molecular complexity index is 1190. The Morgan fingerprint density at radius 2 is 1.28 bits per heavy atom. The van der Waals surface area contributed by atoms with Crippen LogP contribution in [0.15, 0.2) is 52.3 Å². The minimum Gasteiger partial charge on any atom is -0.382 e. The van der Waals surface area contributed by atoms with Gasteiger partial charge in [-0.15, -0.1) is 0 Å². The van der Waals surface area contributed by atoms with Crippen LogP contribution in [0, 0.1) is 0 Å². The van der Waals surface area contributed by atoms with Gasteiger partial charge in [-0.3, -0.25) is 4.90 Å². The summed E-state index contributed by atoms with van der Waals surface area (Å²) in [7, 11) is 6.60. The summed E-state index contributed by atoms with van der Waals surface area (Å²) in [6, 6.07) is 12.0. The Hall–Kier alpha value is -1.94. The largest absolute Gasteiger partial charge is 0.416 e. The molecule has 2 aromatic carbocycles. The molecule has 258 valence electrons. The van der Waals surface area contributed by atoms with Crippen molar-refractivity contribution in [3.63, 3.8) is 0 Å². The average molecular weight is 672 g/mol. The third-order valence-corrected chi connectivity index (χ3v) is 9.43. The molecule has 3 atom stereocenters. The summed E-state index contributed by atoms with van der Waals surface area (Å²) in [6.45, 7) is 8.09. The molecule has 0 amide bonds. The first-order chi connectivity index (χ1) is 22.2. The summed E-state index contributed by atoms with van der Waals surface area (Å²) in [5.41, 5.74) is 0.972. The van der Waals surface area contributed by atoms with E-state index in [9.17, 15) is 13.2 Å². The maximum atomic E-state index is 13.5. The molecule has 0 radical (unpaired) electrons. The lowest BCUT2D eigenvalue weighted by Gasteiger charge is -2.37. The second kappa shape index (κ2) is 18.6. The molecule has 46 heavy (non-hydrogen) atoms. The molecule has 0 saturated carbocycles. The van der Waals surface area contributed by atoms with Crippen molar-refractivity contribution >= 4 is 23.1 Å². The fourth-order valence-electron chi connectivity index (χ4n) is 5.59. The highest BCUT2D eigenvalue weighted by molar-refractivity contribution is 7.99. The van der Waals surface area contributed by atoms with Gasteiger partial charge >= 0.3 is 6.18 Å². The van der Waals surface area contributed by atoms with Gasteiger partial charge in [0.05, 0.1) is 56.1 Å². The predicted molar refractivity (Wildman–Crippen MR) is 172 cm³/mol. The van der Waals surface area contributed by atoms with E-state index in [1.54, 1.807) is 34.5 Å². The van der Waals surface area contributed by atoms with Gasteiger partial charge in [0.25, 0.3) is 0 Å². The minimum atomic E-state index is -4.38. The van der Waals surface area contributed by atoms with Crippen LogP contribution in [0.2, 0.25) is 0 Å². The van der Waals surface area contributed by atoms with Gasteiger partial charge < -0.3 is 38.2 Å². The number of hydrogen-bond donors (Lipinski definition) is 0. The molecule has 13 heteroatoms. The lowest BCUT2D eigenvalue weighted by Crippen LogP contribution is -2.49. The smallest absolute Gasteiger partial charge is 0.382 e. The molecule has 0 aromatic heterocycles. The Labute approximate surface area is 275 Å². The lowest BCUT2D eigenvalue weighted by molar-refractivity contribution is -0.137. The summed E-state index contributed by atoms with van der Waals surface area (Å²) < 4.78 is 73.9. The molecule has 9 nitrogen and oxygen atoms in total. The molecule has 1 saturated heterocycles. The van der Waals surface area contributed by atoms with Crippen LogP contribution in [0.25, 0.3) is 0 Å². The number of piperazine rings is 1. The van der Waals surface area contributed by atoms with E-state index in [1.165, 1.54) is 23.9 Å². The number of halogens is 3. The fourth-order valence-corrected chi connectivity index (χ4v) is 6.67. The van der Waals surface area contributed by atoms with Crippen molar-refractivity contribution in [1.82, 2.24) is 9.80 Å². The standard InChI is InChI=1S/C33H48F3N3O6S/c1-40-20-27(42-3)22-45-24-28(43-4)23-44-21-26(41-2)19-38-16-14-37(15-17-38)12-7-13-39-29-8-5-6-9-31(29)46-32-11-10-25(18-30(32)39)33(34,35)36/h5-6,8-11,18,26-28H,7,12-17,19-24H2,1-4H3. The first kappa shape index (κ1) is 36.9. The van der Waals surface area contributed by atoms with Gasteiger partial charge in [-0.25, -0.2) is 0 Å². The van der Waals surface area contributed by atoms with E-state index in [4.69, 9.17) is 28.4 Å². The molecule has 2 aromatic rings. The minimum absolute atomic E-state index is 0.0664. The number of benzene rings is 2. The average Bonchev–Trinajstić information content (AvgIpc) is 3.06. The van der Waals surface area contributed by atoms with Gasteiger partial charge in [0, 0.05) is 77.5 Å². The zero-order chi connectivity index (χ0) is 32.9. The third kappa shape index (κ3) is 10.8. The second-order valence-electron chi connectivity index (χ2n) is 11.5. The van der Waals surface area contributed by atoms with Gasteiger partial charge in [-0.1, -0.05) is 23.9 Å². The number of nitrogens with zero attached hydrogens (tertiary/aromatic N) is 3. The highest BCUT2D eigenvalue weighted by Crippen LogP contribution is 2.49. The quantitative estimate of drug-likeness (QED) is 0.203. The highest BCUT2D eigenvalue weighted by atomic mass is 32.2. The van der Waals surface area contributed by atoms with E-state index in [-0.39, 0.29) is 18.3 Å². The Kier molecular flexibility index (Phi) is 14.9. The molecule has 4 rings (SSSR count). The number of anilines is 2. The van der Waals surface area contributed by atoms with E-state index in [0.717, 1.165) is 61.2 Å². The summed E-state index contributed by atoms with van der Waals surface area (Å²) in [4.78, 5) is 8.77. The predicted octanol–water partition coefficient (Wildman–Crippen LogP) is 5.04. The Morgan fingerprint density at radius 1 is 0.696 bits per heavy atom. The van der Waals surface area contributed by atoms with Crippen molar-refractivity contribution in [2.45, 2.75) is 40.7 Å². The molecule has 2 aliphatic rings. The van der Waals surface area contributed by atoms with E-state index < -0.39 is 11.7 Å². The molecular formula is C33H48F3N3O6S. The zero-order valence-corrected chi connectivity index (χ0v) is 28.1. The van der Waals surface area contributed by atoms with Gasteiger partial charge in [0.15, 0.2) is 0 Å². The molecule has 2 aliphatic heterocycles. The lowest BCUT2D eigenvalue weighted by atomic mass is 10.1. The van der Waals surface area contributed by atoms with Crippen molar-refractivity contribution < 1.29 is 41.6 Å². The summed E-state index contributed by atoms with van der Waals surface area (Å²) in [5, 5.41) is 0. The first-order valence-electron chi connectivity index (χ1n) is 15.7. The van der Waals surface area contributed by atoms with Crippen molar-refractivity contribution in [2.75, 3.05) is 112 Å². The first-order valence-corrected chi connectivity index (χ1v) is 16.5. The normalized spacial score (nSPS) is 17.8. The van der Waals surface area contributed by atoms with Crippen molar-refractivity contribution in [1.29, 1.82) is 0 Å². The number of alkyl halides is 3. The fraction of sp³-hybridized carbons (Fsp3) is 0.636. The number of ether oxygens (including phenoxy) is 6. The maximum absolute atomic E-state index is 13.5. The molecule has 3 unspecified atom stereocenters. The van der Waals surface area contributed by atoms with Crippen LogP contribution in [0.4, 0.5) is 24.5 Å². The number of fused-ring (bicyclic) bond motifs is 2. The molecular weight excluding hydrogens is 623 g/mol. The van der Waals surface area contributed by atoms with Gasteiger partial charge in [0.1, 0.15) is 12.2 Å². The molecule has 0 aliphatic carbocycles. The number of hydrogen-bond acceptors (Lipinski definition) is 10. The van der Waals surface area contributed by atoms with Crippen molar-refractivity contribution in [3.8, 4) is 0 Å². The van der Waals surface area contributed by atoms with Crippen LogP contribution >= 0.6 is 11.8 Å². The summed E-state index contributed by atoms with van der Waals surface area (Å²) in [5.74, 6) is 0. The van der Waals surface area contributed by atoms with Gasteiger partial charge in [-0.05, 0) is 43.3 Å². The van der Waals surface area contributed by atoms with Crippen molar-refractivity contribution in [3.05, 3.63) is 48.0 Å². The van der Waals surface area contributed by atoms with Crippen molar-refractivity contribution in [2.24, 2.45) is 0 Å². The molecule has 0 bridgehead atoms. The highest BCUT2D eigenvalue weighted by Gasteiger charge is 2.33. The monoisotopic (exact) mass is 671 g/mol. The molecule has 0 N–H and O–H groups in total. The van der Waals surface area contributed by atoms with Crippen LogP contribution in [-0.4, -0.2) is 135 Å². The second-order valence-corrected chi connectivity index (χ2v) is 12.6. The van der Waals surface area contributed by atoms with Crippen LogP contribution in [0.1, 0.15) is 12.0 Å². The maximum Gasteiger partial charge on any atom is 0.416 e. The topological polar surface area (TPSA) is 65.1 Å². The Morgan fingerprint density at radius 3 is 1.91 bits per heavy atom. The van der Waals surface area contributed by atoms with E-state index >= 15 is 0 Å². The van der Waals surface area contributed by atoms with E-state index in [2.05, 4.69) is 9.80 Å². The third-order valence-electron chi connectivity index (χ3n) is 8.30. The molecule has 0 spiro atoms. The van der Waals surface area contributed by atoms with Crippen LogP contribution < -0.4 is 4.90 Å². The number of rotatable bonds is 19. The number of methoxy groups -OCH3 is 4. The summed E-state index contributed by atoms with van der Waals surface area (Å²) >= 11 is 1.52. The molecule has 2 heterocycles. The molecule has 1 fully saturated rings. The summed E-state index contributed by atoms with van der Waals surface area (Å²) in [6.07, 6.45) is -3.93. The van der Waals surface area contributed by atoms with Crippen LogP contribution in [0.3, 0.4) is 0 Å². The zero-order valence-electron chi connectivity index (χ0n) is 27.3. The van der Waals surface area contributed by atoms with Gasteiger partial charge in [-0.2, -0.15) is 13.2 Å². The number of para-hydroxylation sites is 1. The Balaban J connectivity index is 1.19. The van der Waals surface area contributed by atoms with E-state index in [1.807, 2.05) is 29.2 Å². The van der Waals surface area contributed by atoms with Crippen LogP contribution in [0.5, 0.6) is 0 Å². The van der Waals surface area contributed by atoms with Gasteiger partial charge in [0.2, 0.25) is 0 Å². The van der Waals surface area contributed by atoms with E-state index in [0.29, 0.717) is 45.3 Å².